The first-order valence-corrected chi connectivity index (χ1v) is 8.98. The molecule has 0 aliphatic carbocycles. The van der Waals surface area contributed by atoms with Gasteiger partial charge in [0.05, 0.1) is 18.0 Å². The van der Waals surface area contributed by atoms with Crippen LogP contribution in [0.4, 0.5) is 5.69 Å². The molecule has 2 aromatic carbocycles. The van der Waals surface area contributed by atoms with E-state index in [2.05, 4.69) is 10.0 Å². The smallest absolute Gasteiger partial charge is 0.241 e. The van der Waals surface area contributed by atoms with Crippen molar-refractivity contribution in [2.45, 2.75) is 18.7 Å². The maximum absolute atomic E-state index is 12.2. The second-order valence-corrected chi connectivity index (χ2v) is 6.86. The van der Waals surface area contributed by atoms with Gasteiger partial charge < -0.3 is 10.1 Å². The number of para-hydroxylation sites is 1. The number of benzene rings is 2. The zero-order chi connectivity index (χ0) is 17.6. The Balaban J connectivity index is 1.97. The topological polar surface area (TPSA) is 84.5 Å². The van der Waals surface area contributed by atoms with Crippen molar-refractivity contribution in [1.29, 1.82) is 0 Å². The van der Waals surface area contributed by atoms with Gasteiger partial charge >= 0.3 is 0 Å². The lowest BCUT2D eigenvalue weighted by molar-refractivity contribution is -0.115. The number of carbonyl (C=O) groups excluding carboxylic acids is 1. The number of aryl methyl sites for hydroxylation is 1. The van der Waals surface area contributed by atoms with Crippen molar-refractivity contribution in [1.82, 2.24) is 4.72 Å². The lowest BCUT2D eigenvalue weighted by Crippen LogP contribution is -2.33. The number of ether oxygens (including phenoxy) is 1. The van der Waals surface area contributed by atoms with Gasteiger partial charge in [-0.3, -0.25) is 4.79 Å². The average Bonchev–Trinajstić information content (AvgIpc) is 2.56. The van der Waals surface area contributed by atoms with E-state index in [0.29, 0.717) is 18.0 Å². The van der Waals surface area contributed by atoms with Gasteiger partial charge in [-0.25, -0.2) is 13.1 Å². The number of anilines is 1. The third-order valence-electron chi connectivity index (χ3n) is 3.29. The zero-order valence-corrected chi connectivity index (χ0v) is 14.4. The summed E-state index contributed by atoms with van der Waals surface area (Å²) in [5.41, 5.74) is 1.56. The molecule has 0 radical (unpaired) electrons. The summed E-state index contributed by atoms with van der Waals surface area (Å²) < 4.78 is 31.9. The number of hydrogen-bond donors (Lipinski definition) is 2. The lowest BCUT2D eigenvalue weighted by atomic mass is 10.2. The Hall–Kier alpha value is -2.38. The molecule has 2 rings (SSSR count). The molecule has 0 saturated heterocycles. The number of rotatable bonds is 7. The molecular weight excluding hydrogens is 328 g/mol. The van der Waals surface area contributed by atoms with E-state index in [1.807, 2.05) is 26.0 Å². The SMILES string of the molecule is CCOc1ccc(S(=O)(=O)NCC(=O)Nc2ccccc2C)cc1. The van der Waals surface area contributed by atoms with Crippen LogP contribution in [-0.4, -0.2) is 27.5 Å². The van der Waals surface area contributed by atoms with E-state index in [0.717, 1.165) is 5.56 Å². The molecular formula is C17H20N2O4S. The van der Waals surface area contributed by atoms with Gasteiger partial charge in [0.1, 0.15) is 5.75 Å². The van der Waals surface area contributed by atoms with Gasteiger partial charge in [-0.1, -0.05) is 18.2 Å². The number of sulfonamides is 1. The highest BCUT2D eigenvalue weighted by Crippen LogP contribution is 2.16. The molecule has 2 N–H and O–H groups in total. The van der Waals surface area contributed by atoms with E-state index < -0.39 is 15.9 Å². The summed E-state index contributed by atoms with van der Waals surface area (Å²) >= 11 is 0. The van der Waals surface area contributed by atoms with Crippen LogP contribution in [0.2, 0.25) is 0 Å². The van der Waals surface area contributed by atoms with E-state index >= 15 is 0 Å². The van der Waals surface area contributed by atoms with Crippen LogP contribution in [0.15, 0.2) is 53.4 Å². The van der Waals surface area contributed by atoms with Crippen LogP contribution < -0.4 is 14.8 Å². The normalized spacial score (nSPS) is 11.1. The maximum Gasteiger partial charge on any atom is 0.241 e. The first kappa shape index (κ1) is 18.0. The molecule has 128 valence electrons. The van der Waals surface area contributed by atoms with Crippen molar-refractivity contribution in [3.05, 3.63) is 54.1 Å². The molecule has 7 heteroatoms. The highest BCUT2D eigenvalue weighted by Gasteiger charge is 2.15. The van der Waals surface area contributed by atoms with E-state index in [9.17, 15) is 13.2 Å². The fourth-order valence-electron chi connectivity index (χ4n) is 2.03. The number of amides is 1. The second-order valence-electron chi connectivity index (χ2n) is 5.09. The molecule has 1 amide bonds. The van der Waals surface area contributed by atoms with Crippen molar-refractivity contribution in [2.75, 3.05) is 18.5 Å². The zero-order valence-electron chi connectivity index (χ0n) is 13.6. The van der Waals surface area contributed by atoms with E-state index in [4.69, 9.17) is 4.74 Å². The molecule has 0 spiro atoms. The van der Waals surface area contributed by atoms with Crippen molar-refractivity contribution in [2.24, 2.45) is 0 Å². The fourth-order valence-corrected chi connectivity index (χ4v) is 3.02. The summed E-state index contributed by atoms with van der Waals surface area (Å²) in [4.78, 5) is 12.0. The van der Waals surface area contributed by atoms with Gasteiger partial charge in [0.25, 0.3) is 0 Å². The van der Waals surface area contributed by atoms with Gasteiger partial charge in [-0.05, 0) is 49.7 Å². The summed E-state index contributed by atoms with van der Waals surface area (Å²) in [6, 6.07) is 13.3. The minimum Gasteiger partial charge on any atom is -0.494 e. The monoisotopic (exact) mass is 348 g/mol. The number of hydrogen-bond acceptors (Lipinski definition) is 4. The van der Waals surface area contributed by atoms with E-state index in [1.165, 1.54) is 12.1 Å². The Morgan fingerprint density at radius 1 is 1.08 bits per heavy atom. The number of carbonyl (C=O) groups is 1. The molecule has 0 aliphatic rings. The largest absolute Gasteiger partial charge is 0.494 e. The van der Waals surface area contributed by atoms with E-state index in [1.54, 1.807) is 24.3 Å². The summed E-state index contributed by atoms with van der Waals surface area (Å²) in [5.74, 6) is 0.160. The highest BCUT2D eigenvalue weighted by atomic mass is 32.2. The summed E-state index contributed by atoms with van der Waals surface area (Å²) in [5, 5.41) is 2.67. The molecule has 0 saturated carbocycles. The highest BCUT2D eigenvalue weighted by molar-refractivity contribution is 7.89. The Labute approximate surface area is 141 Å². The number of nitrogens with one attached hydrogen (secondary N) is 2. The molecule has 24 heavy (non-hydrogen) atoms. The maximum atomic E-state index is 12.2. The van der Waals surface area contributed by atoms with Crippen LogP contribution in [-0.2, 0) is 14.8 Å². The second kappa shape index (κ2) is 7.94. The fraction of sp³-hybridized carbons (Fsp3) is 0.235. The summed E-state index contributed by atoms with van der Waals surface area (Å²) in [7, 11) is -3.76. The van der Waals surface area contributed by atoms with Crippen molar-refractivity contribution < 1.29 is 17.9 Å². The van der Waals surface area contributed by atoms with Gasteiger partial charge in [-0.15, -0.1) is 0 Å². The minimum absolute atomic E-state index is 0.0784. The molecule has 6 nitrogen and oxygen atoms in total. The predicted octanol–water partition coefficient (Wildman–Crippen LogP) is 2.31. The molecule has 0 bridgehead atoms. The van der Waals surface area contributed by atoms with Crippen LogP contribution >= 0.6 is 0 Å². The Kier molecular flexibility index (Phi) is 5.94. The molecule has 0 unspecified atom stereocenters. The van der Waals surface area contributed by atoms with E-state index in [-0.39, 0.29) is 11.4 Å². The van der Waals surface area contributed by atoms with Crippen molar-refractivity contribution >= 4 is 21.6 Å². The molecule has 0 atom stereocenters. The lowest BCUT2D eigenvalue weighted by Gasteiger charge is -2.10. The average molecular weight is 348 g/mol. The summed E-state index contributed by atoms with van der Waals surface area (Å²) in [6.45, 7) is 3.87. The summed E-state index contributed by atoms with van der Waals surface area (Å²) in [6.07, 6.45) is 0. The molecule has 0 fully saturated rings. The van der Waals surface area contributed by atoms with Gasteiger partial charge in [-0.2, -0.15) is 0 Å². The van der Waals surface area contributed by atoms with Crippen LogP contribution in [0.25, 0.3) is 0 Å². The van der Waals surface area contributed by atoms with Gasteiger partial charge in [0, 0.05) is 5.69 Å². The molecule has 2 aromatic rings. The van der Waals surface area contributed by atoms with Crippen LogP contribution in [0.3, 0.4) is 0 Å². The Morgan fingerprint density at radius 3 is 2.38 bits per heavy atom. The Bertz CT molecular complexity index is 802. The molecule has 0 aromatic heterocycles. The Morgan fingerprint density at radius 2 is 1.75 bits per heavy atom. The van der Waals surface area contributed by atoms with Crippen LogP contribution in [0, 0.1) is 6.92 Å². The molecule has 0 heterocycles. The third-order valence-corrected chi connectivity index (χ3v) is 4.70. The van der Waals surface area contributed by atoms with Gasteiger partial charge in [0.2, 0.25) is 15.9 Å². The quantitative estimate of drug-likeness (QED) is 0.804. The van der Waals surface area contributed by atoms with Crippen molar-refractivity contribution in [3.8, 4) is 5.75 Å². The first-order chi connectivity index (χ1) is 11.4. The standard InChI is InChI=1S/C17H20N2O4S/c1-3-23-14-8-10-15(11-9-14)24(21,22)18-12-17(20)19-16-7-5-4-6-13(16)2/h4-11,18H,3,12H2,1-2H3,(H,19,20). The van der Waals surface area contributed by atoms with Crippen LogP contribution in [0.1, 0.15) is 12.5 Å². The van der Waals surface area contributed by atoms with Crippen LogP contribution in [0.5, 0.6) is 5.75 Å². The van der Waals surface area contributed by atoms with Gasteiger partial charge in [0.15, 0.2) is 0 Å². The predicted molar refractivity (Wildman–Crippen MR) is 92.6 cm³/mol. The molecule has 0 aliphatic heterocycles. The van der Waals surface area contributed by atoms with Crippen molar-refractivity contribution in [3.63, 3.8) is 0 Å². The first-order valence-electron chi connectivity index (χ1n) is 7.50. The minimum atomic E-state index is -3.76. The third kappa shape index (κ3) is 4.81.